The Bertz CT molecular complexity index is 1170. The average Bonchev–Trinajstić information content (AvgIpc) is 2.96. The van der Waals surface area contributed by atoms with E-state index in [0.29, 0.717) is 35.8 Å². The molecule has 0 aliphatic carbocycles. The molecule has 4 rings (SSSR count). The third kappa shape index (κ3) is 2.89. The number of hydrogen-bond donors (Lipinski definition) is 4. The zero-order valence-corrected chi connectivity index (χ0v) is 16.1. The molecule has 10 nitrogen and oxygen atoms in total. The number of hydrogen-bond acceptors (Lipinski definition) is 7. The number of phenolic OH excluding ortho intramolecular Hbond substituents is 1. The number of carbonyl (C=O) groups excluding carboxylic acids is 2. The summed E-state index contributed by atoms with van der Waals surface area (Å²) in [4.78, 5) is 34.7. The molecule has 1 fully saturated rings. The molecule has 3 heterocycles. The molecule has 2 amide bonds. The van der Waals surface area contributed by atoms with Crippen LogP contribution in [0.2, 0.25) is 0 Å². The number of nitrogens with one attached hydrogen (secondary N) is 1. The van der Waals surface area contributed by atoms with Crippen molar-refractivity contribution in [1.29, 1.82) is 0 Å². The maximum absolute atomic E-state index is 12.2. The summed E-state index contributed by atoms with van der Waals surface area (Å²) in [7, 11) is 0. The lowest BCUT2D eigenvalue weighted by Crippen LogP contribution is -2.48. The van der Waals surface area contributed by atoms with Gasteiger partial charge in [-0.05, 0) is 25.5 Å². The summed E-state index contributed by atoms with van der Waals surface area (Å²) in [6, 6.07) is 3.34. The van der Waals surface area contributed by atoms with E-state index in [1.807, 2.05) is 6.92 Å². The molecule has 1 aromatic carbocycles. The Morgan fingerprint density at radius 1 is 1.31 bits per heavy atom. The van der Waals surface area contributed by atoms with E-state index in [1.165, 1.54) is 6.20 Å². The van der Waals surface area contributed by atoms with Crippen LogP contribution in [0.4, 0.5) is 11.6 Å². The maximum atomic E-state index is 12.2. The molecule has 6 N–H and O–H groups in total. The van der Waals surface area contributed by atoms with Crippen molar-refractivity contribution in [2.75, 3.05) is 30.3 Å². The number of nitrogens with zero attached hydrogens (tertiary/aromatic N) is 4. The summed E-state index contributed by atoms with van der Waals surface area (Å²) in [6.07, 6.45) is 1.54. The van der Waals surface area contributed by atoms with E-state index in [0.717, 1.165) is 5.56 Å². The minimum absolute atomic E-state index is 0.0537. The number of primary amides is 1. The summed E-state index contributed by atoms with van der Waals surface area (Å²) in [6.45, 7) is 4.82. The number of nitrogens with two attached hydrogens (primary N) is 2. The predicted molar refractivity (Wildman–Crippen MR) is 108 cm³/mol. The van der Waals surface area contributed by atoms with E-state index in [-0.39, 0.29) is 35.1 Å². The van der Waals surface area contributed by atoms with Crippen molar-refractivity contribution < 1.29 is 14.7 Å². The van der Waals surface area contributed by atoms with Gasteiger partial charge in [0.2, 0.25) is 5.91 Å². The maximum Gasteiger partial charge on any atom is 0.254 e. The van der Waals surface area contributed by atoms with Crippen molar-refractivity contribution in [2.24, 2.45) is 5.73 Å². The van der Waals surface area contributed by atoms with Crippen LogP contribution in [0.25, 0.3) is 16.9 Å². The molecule has 1 aliphatic rings. The molecule has 0 saturated carbocycles. The van der Waals surface area contributed by atoms with Crippen LogP contribution in [0, 0.1) is 13.8 Å². The minimum Gasteiger partial charge on any atom is -0.508 e. The first-order valence-corrected chi connectivity index (χ1v) is 9.07. The Labute approximate surface area is 166 Å². The second-order valence-corrected chi connectivity index (χ2v) is 7.01. The number of fused-ring (bicyclic) bond motifs is 1. The van der Waals surface area contributed by atoms with Gasteiger partial charge in [0.05, 0.1) is 18.4 Å². The topological polar surface area (TPSA) is 152 Å². The zero-order valence-electron chi connectivity index (χ0n) is 16.1. The Morgan fingerprint density at radius 3 is 2.76 bits per heavy atom. The molecule has 0 radical (unpaired) electrons. The summed E-state index contributed by atoms with van der Waals surface area (Å²) in [5.74, 6) is -0.202. The molecule has 3 aromatic rings. The normalized spacial score (nSPS) is 14.3. The van der Waals surface area contributed by atoms with Gasteiger partial charge >= 0.3 is 0 Å². The van der Waals surface area contributed by atoms with Gasteiger partial charge in [-0.2, -0.15) is 0 Å². The highest BCUT2D eigenvalue weighted by Crippen LogP contribution is 2.35. The molecular weight excluding hydrogens is 374 g/mol. The number of aromatic nitrogens is 3. The van der Waals surface area contributed by atoms with Crippen LogP contribution in [0.3, 0.4) is 0 Å². The highest BCUT2D eigenvalue weighted by molar-refractivity contribution is 6.09. The first-order chi connectivity index (χ1) is 13.8. The SMILES string of the molecule is Cc1ccc(O)c(C)c1-n1c(N)c(C(N)=O)c2nc(N3CCNC(=O)C3)cnc21. The fraction of sp³-hybridized carbons (Fsp3) is 0.263. The van der Waals surface area contributed by atoms with Crippen LogP contribution in [-0.4, -0.2) is 51.1 Å². The van der Waals surface area contributed by atoms with Crippen LogP contribution >= 0.6 is 0 Å². The number of anilines is 2. The first kappa shape index (κ1) is 18.5. The van der Waals surface area contributed by atoms with Crippen molar-refractivity contribution >= 4 is 34.6 Å². The van der Waals surface area contributed by atoms with Crippen molar-refractivity contribution in [2.45, 2.75) is 13.8 Å². The first-order valence-electron chi connectivity index (χ1n) is 9.07. The number of piperazine rings is 1. The van der Waals surface area contributed by atoms with Gasteiger partial charge in [0.1, 0.15) is 28.5 Å². The van der Waals surface area contributed by atoms with Crippen LogP contribution in [-0.2, 0) is 4.79 Å². The quantitative estimate of drug-likeness (QED) is 0.499. The highest BCUT2D eigenvalue weighted by atomic mass is 16.3. The third-order valence-corrected chi connectivity index (χ3v) is 5.12. The van der Waals surface area contributed by atoms with E-state index in [1.54, 1.807) is 28.5 Å². The number of rotatable bonds is 3. The minimum atomic E-state index is -0.732. The van der Waals surface area contributed by atoms with Crippen molar-refractivity contribution in [1.82, 2.24) is 19.9 Å². The van der Waals surface area contributed by atoms with E-state index in [2.05, 4.69) is 15.3 Å². The second-order valence-electron chi connectivity index (χ2n) is 7.01. The number of carbonyl (C=O) groups is 2. The molecule has 10 heteroatoms. The number of amides is 2. The van der Waals surface area contributed by atoms with Gasteiger partial charge in [0.15, 0.2) is 5.65 Å². The van der Waals surface area contributed by atoms with Gasteiger partial charge < -0.3 is 26.8 Å². The van der Waals surface area contributed by atoms with E-state index in [4.69, 9.17) is 11.5 Å². The largest absolute Gasteiger partial charge is 0.508 e. The molecule has 150 valence electrons. The van der Waals surface area contributed by atoms with Gasteiger partial charge in [-0.25, -0.2) is 9.97 Å². The fourth-order valence-corrected chi connectivity index (χ4v) is 3.68. The Hall–Kier alpha value is -3.82. The lowest BCUT2D eigenvalue weighted by Gasteiger charge is -2.27. The Morgan fingerprint density at radius 2 is 2.07 bits per heavy atom. The fourth-order valence-electron chi connectivity index (χ4n) is 3.68. The highest BCUT2D eigenvalue weighted by Gasteiger charge is 2.26. The van der Waals surface area contributed by atoms with Crippen molar-refractivity contribution in [3.05, 3.63) is 35.0 Å². The molecule has 0 bridgehead atoms. The molecule has 1 aliphatic heterocycles. The summed E-state index contributed by atoms with van der Waals surface area (Å²) < 4.78 is 1.58. The molecule has 0 atom stereocenters. The average molecular weight is 395 g/mol. The summed E-state index contributed by atoms with van der Waals surface area (Å²) in [5.41, 5.74) is 14.6. The Balaban J connectivity index is 1.98. The number of aromatic hydroxyl groups is 1. The standard InChI is InChI=1S/C19H21N7O3/c1-9-3-4-11(27)10(2)16(9)26-17(20)14(18(21)29)15-19(26)23-7-12(24-15)25-6-5-22-13(28)8-25/h3-4,7,27H,5-6,8,20H2,1-2H3,(H2,21,29)(H,22,28). The smallest absolute Gasteiger partial charge is 0.254 e. The van der Waals surface area contributed by atoms with Crippen LogP contribution < -0.4 is 21.7 Å². The lowest BCUT2D eigenvalue weighted by molar-refractivity contribution is -0.120. The summed E-state index contributed by atoms with van der Waals surface area (Å²) >= 11 is 0. The number of phenols is 1. The summed E-state index contributed by atoms with van der Waals surface area (Å²) in [5, 5.41) is 12.9. The van der Waals surface area contributed by atoms with Crippen LogP contribution in [0.5, 0.6) is 5.75 Å². The molecule has 0 spiro atoms. The number of nitrogen functional groups attached to an aromatic ring is 1. The van der Waals surface area contributed by atoms with Gasteiger partial charge in [-0.15, -0.1) is 0 Å². The molecule has 1 saturated heterocycles. The molecule has 2 aromatic heterocycles. The van der Waals surface area contributed by atoms with Crippen LogP contribution in [0.1, 0.15) is 21.5 Å². The zero-order chi connectivity index (χ0) is 20.9. The van der Waals surface area contributed by atoms with Gasteiger partial charge in [-0.3, -0.25) is 14.2 Å². The van der Waals surface area contributed by atoms with Gasteiger partial charge in [0, 0.05) is 18.7 Å². The van der Waals surface area contributed by atoms with Crippen molar-refractivity contribution in [3.8, 4) is 11.4 Å². The van der Waals surface area contributed by atoms with Gasteiger partial charge in [0.25, 0.3) is 5.91 Å². The number of benzene rings is 1. The van der Waals surface area contributed by atoms with E-state index >= 15 is 0 Å². The number of aryl methyl sites for hydroxylation is 1. The molecule has 0 unspecified atom stereocenters. The van der Waals surface area contributed by atoms with Crippen molar-refractivity contribution in [3.63, 3.8) is 0 Å². The Kier molecular flexibility index (Phi) is 4.26. The molecule has 29 heavy (non-hydrogen) atoms. The van der Waals surface area contributed by atoms with E-state index in [9.17, 15) is 14.7 Å². The molecular formula is C19H21N7O3. The monoisotopic (exact) mass is 395 g/mol. The second kappa shape index (κ2) is 6.66. The lowest BCUT2D eigenvalue weighted by atomic mass is 10.1. The third-order valence-electron chi connectivity index (χ3n) is 5.12. The van der Waals surface area contributed by atoms with Crippen LogP contribution in [0.15, 0.2) is 18.3 Å². The van der Waals surface area contributed by atoms with Gasteiger partial charge in [-0.1, -0.05) is 6.07 Å². The predicted octanol–water partition coefficient (Wildman–Crippen LogP) is 0.360. The van der Waals surface area contributed by atoms with E-state index < -0.39 is 5.91 Å².